The van der Waals surface area contributed by atoms with Crippen molar-refractivity contribution in [1.82, 2.24) is 10.6 Å². The minimum absolute atomic E-state index is 0.556. The standard InChI is InChI=1S/2C7H13NO.C2H2O4/c2*1-3-8-5-7(1)2-4-9-6-7;3-1(4)2(5)6/h2*8H,1-6H2;(H,3,4)(H,5,6). The van der Waals surface area contributed by atoms with Crippen molar-refractivity contribution in [1.29, 1.82) is 0 Å². The third-order valence-corrected chi connectivity index (χ3v) is 5.22. The summed E-state index contributed by atoms with van der Waals surface area (Å²) in [5.74, 6) is -3.65. The number of carboxylic acids is 2. The summed E-state index contributed by atoms with van der Waals surface area (Å²) in [7, 11) is 0. The normalized spacial score (nSPS) is 33.8. The third-order valence-electron chi connectivity index (χ3n) is 5.22. The summed E-state index contributed by atoms with van der Waals surface area (Å²) >= 11 is 0. The van der Waals surface area contributed by atoms with E-state index in [9.17, 15) is 0 Å². The first-order valence-electron chi connectivity index (χ1n) is 8.50. The Hall–Kier alpha value is -1.22. The van der Waals surface area contributed by atoms with Crippen LogP contribution in [0.1, 0.15) is 25.7 Å². The average molecular weight is 344 g/mol. The second-order valence-corrected chi connectivity index (χ2v) is 7.07. The van der Waals surface area contributed by atoms with Gasteiger partial charge in [0.15, 0.2) is 0 Å². The lowest BCUT2D eigenvalue weighted by Gasteiger charge is -2.17. The Labute approximate surface area is 141 Å². The molecule has 8 nitrogen and oxygen atoms in total. The number of carboxylic acid groups (broad SMARTS) is 2. The fraction of sp³-hybridized carbons (Fsp3) is 0.875. The van der Waals surface area contributed by atoms with Crippen LogP contribution in [0.2, 0.25) is 0 Å². The molecule has 4 aliphatic rings. The van der Waals surface area contributed by atoms with E-state index in [1.807, 2.05) is 0 Å². The molecule has 0 saturated carbocycles. The van der Waals surface area contributed by atoms with Crippen molar-refractivity contribution in [2.75, 3.05) is 52.6 Å². The van der Waals surface area contributed by atoms with Crippen LogP contribution in [-0.4, -0.2) is 74.8 Å². The summed E-state index contributed by atoms with van der Waals surface area (Å²) in [4.78, 5) is 18.2. The number of hydrogen-bond acceptors (Lipinski definition) is 6. The molecule has 2 unspecified atom stereocenters. The number of hydrogen-bond donors (Lipinski definition) is 4. The van der Waals surface area contributed by atoms with Crippen molar-refractivity contribution >= 4 is 11.9 Å². The summed E-state index contributed by atoms with van der Waals surface area (Å²) in [6.45, 7) is 8.75. The zero-order valence-corrected chi connectivity index (χ0v) is 14.0. The minimum atomic E-state index is -1.82. The molecule has 4 saturated heterocycles. The first kappa shape index (κ1) is 19.1. The van der Waals surface area contributed by atoms with E-state index in [4.69, 9.17) is 29.3 Å². The summed E-state index contributed by atoms with van der Waals surface area (Å²) < 4.78 is 10.7. The molecule has 0 aromatic carbocycles. The van der Waals surface area contributed by atoms with Crippen LogP contribution >= 0.6 is 0 Å². The molecule has 0 aliphatic carbocycles. The quantitative estimate of drug-likeness (QED) is 0.451. The molecule has 4 heterocycles. The van der Waals surface area contributed by atoms with E-state index in [1.54, 1.807) is 0 Å². The van der Waals surface area contributed by atoms with Crippen molar-refractivity contribution in [2.45, 2.75) is 25.7 Å². The third kappa shape index (κ3) is 5.41. The van der Waals surface area contributed by atoms with E-state index >= 15 is 0 Å². The Morgan fingerprint density at radius 2 is 1.17 bits per heavy atom. The van der Waals surface area contributed by atoms with Crippen LogP contribution in [0.4, 0.5) is 0 Å². The van der Waals surface area contributed by atoms with Gasteiger partial charge in [-0.1, -0.05) is 0 Å². The summed E-state index contributed by atoms with van der Waals surface area (Å²) in [6, 6.07) is 0. The number of aliphatic carboxylic acids is 2. The van der Waals surface area contributed by atoms with Crippen LogP contribution in [0.25, 0.3) is 0 Å². The molecule has 2 spiro atoms. The molecule has 4 N–H and O–H groups in total. The van der Waals surface area contributed by atoms with E-state index in [1.165, 1.54) is 51.9 Å². The molecule has 8 heteroatoms. The molecule has 0 aromatic heterocycles. The highest BCUT2D eigenvalue weighted by atomic mass is 16.5. The van der Waals surface area contributed by atoms with Crippen LogP contribution in [-0.2, 0) is 19.1 Å². The Balaban J connectivity index is 0.000000134. The lowest BCUT2D eigenvalue weighted by molar-refractivity contribution is -0.159. The zero-order valence-electron chi connectivity index (χ0n) is 14.0. The SMILES string of the molecule is C1CC2(CCOC2)CN1.C1CC2(CCOC2)CN1.O=C(O)C(=O)O. The molecule has 4 aliphatic heterocycles. The molecule has 0 amide bonds. The Morgan fingerprint density at radius 3 is 1.38 bits per heavy atom. The van der Waals surface area contributed by atoms with Crippen molar-refractivity contribution in [3.8, 4) is 0 Å². The summed E-state index contributed by atoms with van der Waals surface area (Å²) in [5.41, 5.74) is 1.11. The van der Waals surface area contributed by atoms with Gasteiger partial charge in [0.25, 0.3) is 0 Å². The highest BCUT2D eigenvalue weighted by Gasteiger charge is 2.37. The maximum Gasteiger partial charge on any atom is 0.414 e. The maximum absolute atomic E-state index is 9.10. The molecule has 4 fully saturated rings. The van der Waals surface area contributed by atoms with Gasteiger partial charge in [-0.15, -0.1) is 0 Å². The van der Waals surface area contributed by atoms with Crippen LogP contribution in [0.3, 0.4) is 0 Å². The maximum atomic E-state index is 9.10. The van der Waals surface area contributed by atoms with Gasteiger partial charge >= 0.3 is 11.9 Å². The first-order chi connectivity index (χ1) is 11.5. The lowest BCUT2D eigenvalue weighted by atomic mass is 9.87. The van der Waals surface area contributed by atoms with Crippen molar-refractivity contribution in [3.63, 3.8) is 0 Å². The van der Waals surface area contributed by atoms with Gasteiger partial charge < -0.3 is 30.3 Å². The first-order valence-corrected chi connectivity index (χ1v) is 8.50. The van der Waals surface area contributed by atoms with Gasteiger partial charge in [0.1, 0.15) is 0 Å². The largest absolute Gasteiger partial charge is 0.473 e. The van der Waals surface area contributed by atoms with Gasteiger partial charge in [-0.2, -0.15) is 0 Å². The van der Waals surface area contributed by atoms with E-state index in [-0.39, 0.29) is 0 Å². The summed E-state index contributed by atoms with van der Waals surface area (Å²) in [6.07, 6.45) is 5.21. The predicted octanol–water partition coefficient (Wildman–Crippen LogP) is -0.0716. The topological polar surface area (TPSA) is 117 Å². The van der Waals surface area contributed by atoms with Crippen molar-refractivity contribution < 1.29 is 29.3 Å². The average Bonchev–Trinajstić information content (AvgIpc) is 3.36. The molecular weight excluding hydrogens is 316 g/mol. The Morgan fingerprint density at radius 1 is 0.750 bits per heavy atom. The fourth-order valence-corrected chi connectivity index (χ4v) is 3.56. The van der Waals surface area contributed by atoms with Gasteiger partial charge in [0.05, 0.1) is 13.2 Å². The Bertz CT molecular complexity index is 343. The minimum Gasteiger partial charge on any atom is -0.473 e. The van der Waals surface area contributed by atoms with Crippen LogP contribution in [0.5, 0.6) is 0 Å². The van der Waals surface area contributed by atoms with E-state index in [0.717, 1.165) is 26.4 Å². The number of rotatable bonds is 0. The van der Waals surface area contributed by atoms with Gasteiger partial charge in [-0.05, 0) is 38.8 Å². The molecule has 0 aromatic rings. The molecule has 24 heavy (non-hydrogen) atoms. The van der Waals surface area contributed by atoms with E-state index < -0.39 is 11.9 Å². The van der Waals surface area contributed by atoms with Crippen molar-refractivity contribution in [3.05, 3.63) is 0 Å². The van der Waals surface area contributed by atoms with Gasteiger partial charge in [0.2, 0.25) is 0 Å². The zero-order chi connectivity index (χ0) is 17.5. The van der Waals surface area contributed by atoms with E-state index in [2.05, 4.69) is 10.6 Å². The van der Waals surface area contributed by atoms with Gasteiger partial charge in [-0.25, -0.2) is 9.59 Å². The molecule has 4 rings (SSSR count). The number of nitrogens with one attached hydrogen (secondary N) is 2. The van der Waals surface area contributed by atoms with E-state index in [0.29, 0.717) is 10.8 Å². The molecular formula is C16H28N2O6. The Kier molecular flexibility index (Phi) is 6.97. The highest BCUT2D eigenvalue weighted by molar-refractivity contribution is 6.27. The molecule has 0 bridgehead atoms. The number of ether oxygens (including phenoxy) is 2. The second kappa shape index (κ2) is 8.75. The summed E-state index contributed by atoms with van der Waals surface area (Å²) in [5, 5.41) is 21.5. The molecule has 138 valence electrons. The second-order valence-electron chi connectivity index (χ2n) is 7.07. The molecule has 0 radical (unpaired) electrons. The van der Waals surface area contributed by atoms with Gasteiger partial charge in [-0.3, -0.25) is 0 Å². The van der Waals surface area contributed by atoms with Crippen molar-refractivity contribution in [2.24, 2.45) is 10.8 Å². The van der Waals surface area contributed by atoms with Crippen LogP contribution in [0.15, 0.2) is 0 Å². The fourth-order valence-electron chi connectivity index (χ4n) is 3.56. The predicted molar refractivity (Wildman–Crippen MR) is 86.0 cm³/mol. The lowest BCUT2D eigenvalue weighted by Crippen LogP contribution is -2.23. The highest BCUT2D eigenvalue weighted by Crippen LogP contribution is 2.34. The monoisotopic (exact) mass is 344 g/mol. The van der Waals surface area contributed by atoms with Crippen LogP contribution < -0.4 is 10.6 Å². The number of carbonyl (C=O) groups is 2. The van der Waals surface area contributed by atoms with Gasteiger partial charge in [0, 0.05) is 37.1 Å². The van der Waals surface area contributed by atoms with Crippen LogP contribution in [0, 0.1) is 10.8 Å². The molecule has 2 atom stereocenters. The smallest absolute Gasteiger partial charge is 0.414 e.